The Morgan fingerprint density at radius 3 is 2.78 bits per heavy atom. The van der Waals surface area contributed by atoms with Crippen LogP contribution in [0.3, 0.4) is 0 Å². The molecule has 0 atom stereocenters. The van der Waals surface area contributed by atoms with E-state index in [1.165, 1.54) is 12.1 Å². The summed E-state index contributed by atoms with van der Waals surface area (Å²) in [5, 5.41) is 13.9. The number of amides is 2. The molecular weight excluding hydrogens is 299 g/mol. The minimum atomic E-state index is -0.510. The van der Waals surface area contributed by atoms with E-state index in [0.29, 0.717) is 5.75 Å². The molecule has 0 fully saturated rings. The van der Waals surface area contributed by atoms with Crippen molar-refractivity contribution in [2.45, 2.75) is 13.5 Å². The molecule has 2 aromatic rings. The van der Waals surface area contributed by atoms with Gasteiger partial charge in [-0.05, 0) is 30.7 Å². The topological polar surface area (TPSA) is 70.6 Å². The zero-order chi connectivity index (χ0) is 16.7. The number of urea groups is 1. The monoisotopic (exact) mass is 318 g/mol. The van der Waals surface area contributed by atoms with Crippen LogP contribution in [0, 0.1) is 12.7 Å². The smallest absolute Gasteiger partial charge is 0.319 e. The number of para-hydroxylation sites is 1. The van der Waals surface area contributed by atoms with Crippen LogP contribution in [0.4, 0.5) is 14.9 Å². The first-order valence-electron chi connectivity index (χ1n) is 7.22. The third kappa shape index (κ3) is 4.96. The molecule has 0 aliphatic heterocycles. The largest absolute Gasteiger partial charge is 0.491 e. The number of aryl methyl sites for hydroxylation is 1. The van der Waals surface area contributed by atoms with Crippen LogP contribution in [0.1, 0.15) is 11.1 Å². The lowest BCUT2D eigenvalue weighted by molar-refractivity contribution is 0.200. The highest BCUT2D eigenvalue weighted by Gasteiger charge is 2.08. The predicted molar refractivity (Wildman–Crippen MR) is 86.0 cm³/mol. The highest BCUT2D eigenvalue weighted by atomic mass is 19.1. The Balaban J connectivity index is 1.94. The van der Waals surface area contributed by atoms with Gasteiger partial charge >= 0.3 is 6.03 Å². The quantitative estimate of drug-likeness (QED) is 0.767. The predicted octanol–water partition coefficient (Wildman–Crippen LogP) is 2.83. The van der Waals surface area contributed by atoms with Gasteiger partial charge in [0.25, 0.3) is 0 Å². The number of rotatable bonds is 6. The summed E-state index contributed by atoms with van der Waals surface area (Å²) in [6.07, 6.45) is 0. The lowest BCUT2D eigenvalue weighted by Gasteiger charge is -2.12. The fourth-order valence-corrected chi connectivity index (χ4v) is 2.01. The lowest BCUT2D eigenvalue weighted by atomic mass is 10.2. The number of halogens is 1. The Labute approximate surface area is 134 Å². The number of benzene rings is 2. The Hall–Kier alpha value is -2.60. The van der Waals surface area contributed by atoms with Crippen molar-refractivity contribution in [1.82, 2.24) is 5.32 Å². The number of carbonyl (C=O) groups is 1. The molecule has 23 heavy (non-hydrogen) atoms. The number of hydrogen-bond acceptors (Lipinski definition) is 3. The number of hydrogen-bond donors (Lipinski definition) is 3. The van der Waals surface area contributed by atoms with Gasteiger partial charge in [0.2, 0.25) is 0 Å². The van der Waals surface area contributed by atoms with Gasteiger partial charge in [-0.1, -0.05) is 24.3 Å². The molecule has 0 spiro atoms. The van der Waals surface area contributed by atoms with Crippen LogP contribution < -0.4 is 15.4 Å². The summed E-state index contributed by atoms with van der Waals surface area (Å²) in [5.74, 6) is 0.107. The van der Waals surface area contributed by atoms with E-state index in [-0.39, 0.29) is 25.4 Å². The Morgan fingerprint density at radius 2 is 2.04 bits per heavy atom. The van der Waals surface area contributed by atoms with Crippen molar-refractivity contribution in [3.63, 3.8) is 0 Å². The third-order valence-corrected chi connectivity index (χ3v) is 3.13. The number of nitrogens with one attached hydrogen (secondary N) is 2. The molecule has 2 rings (SSSR count). The van der Waals surface area contributed by atoms with Crippen LogP contribution in [0.25, 0.3) is 0 Å². The van der Waals surface area contributed by atoms with Gasteiger partial charge in [0.05, 0.1) is 12.3 Å². The van der Waals surface area contributed by atoms with Crippen molar-refractivity contribution < 1.29 is 19.0 Å². The molecule has 0 bridgehead atoms. The van der Waals surface area contributed by atoms with Crippen LogP contribution in [0.15, 0.2) is 42.5 Å². The van der Waals surface area contributed by atoms with E-state index >= 15 is 0 Å². The van der Waals surface area contributed by atoms with E-state index in [4.69, 9.17) is 9.84 Å². The van der Waals surface area contributed by atoms with Gasteiger partial charge < -0.3 is 20.5 Å². The van der Waals surface area contributed by atoms with Crippen molar-refractivity contribution in [2.75, 3.05) is 18.5 Å². The molecule has 0 unspecified atom stereocenters. The van der Waals surface area contributed by atoms with Crippen LogP contribution >= 0.6 is 0 Å². The van der Waals surface area contributed by atoms with E-state index in [0.717, 1.165) is 11.1 Å². The average molecular weight is 318 g/mol. The fraction of sp³-hybridized carbons (Fsp3) is 0.235. The second kappa shape index (κ2) is 8.14. The number of aliphatic hydroxyl groups is 1. The molecule has 0 saturated heterocycles. The molecule has 0 saturated carbocycles. The molecule has 0 radical (unpaired) electrons. The number of anilines is 1. The molecule has 2 amide bonds. The molecule has 5 nitrogen and oxygen atoms in total. The summed E-state index contributed by atoms with van der Waals surface area (Å²) in [5.41, 5.74) is 1.67. The van der Waals surface area contributed by atoms with Gasteiger partial charge in [-0.3, -0.25) is 0 Å². The molecule has 3 N–H and O–H groups in total. The Kier molecular flexibility index (Phi) is 5.94. The average Bonchev–Trinajstić information content (AvgIpc) is 2.54. The SMILES string of the molecule is Cc1ccc(NC(=O)NCc2ccccc2OCCO)c(F)c1. The highest BCUT2D eigenvalue weighted by molar-refractivity contribution is 5.89. The van der Waals surface area contributed by atoms with E-state index < -0.39 is 11.8 Å². The van der Waals surface area contributed by atoms with Crippen molar-refractivity contribution >= 4 is 11.7 Å². The maximum absolute atomic E-state index is 13.7. The first-order chi connectivity index (χ1) is 11.1. The molecule has 0 heterocycles. The standard InChI is InChI=1S/C17H19FN2O3/c1-12-6-7-15(14(18)10-12)20-17(22)19-11-13-4-2-3-5-16(13)23-9-8-21/h2-7,10,21H,8-9,11H2,1H3,(H2,19,20,22). The zero-order valence-electron chi connectivity index (χ0n) is 12.8. The van der Waals surface area contributed by atoms with Gasteiger partial charge in [-0.2, -0.15) is 0 Å². The summed E-state index contributed by atoms with van der Waals surface area (Å²) >= 11 is 0. The molecule has 6 heteroatoms. The molecule has 0 aliphatic carbocycles. The van der Waals surface area contributed by atoms with Gasteiger partial charge in [-0.25, -0.2) is 9.18 Å². The summed E-state index contributed by atoms with van der Waals surface area (Å²) in [7, 11) is 0. The van der Waals surface area contributed by atoms with E-state index in [1.807, 2.05) is 6.07 Å². The molecule has 2 aromatic carbocycles. The maximum Gasteiger partial charge on any atom is 0.319 e. The summed E-state index contributed by atoms with van der Waals surface area (Å²) in [4.78, 5) is 11.9. The third-order valence-electron chi connectivity index (χ3n) is 3.13. The van der Waals surface area contributed by atoms with Crippen molar-refractivity contribution in [3.05, 3.63) is 59.4 Å². The Bertz CT molecular complexity index is 677. The van der Waals surface area contributed by atoms with E-state index in [2.05, 4.69) is 10.6 Å². The second-order valence-electron chi connectivity index (χ2n) is 4.97. The van der Waals surface area contributed by atoms with Gasteiger partial charge in [0.1, 0.15) is 18.2 Å². The summed E-state index contributed by atoms with van der Waals surface area (Å²) in [6, 6.07) is 11.3. The maximum atomic E-state index is 13.7. The van der Waals surface area contributed by atoms with Crippen LogP contribution in [-0.2, 0) is 6.54 Å². The normalized spacial score (nSPS) is 10.2. The molecule has 0 aromatic heterocycles. The van der Waals surface area contributed by atoms with Gasteiger partial charge in [-0.15, -0.1) is 0 Å². The first-order valence-corrected chi connectivity index (χ1v) is 7.22. The zero-order valence-corrected chi connectivity index (χ0v) is 12.8. The Morgan fingerprint density at radius 1 is 1.26 bits per heavy atom. The summed E-state index contributed by atoms with van der Waals surface area (Å²) < 4.78 is 19.1. The fourth-order valence-electron chi connectivity index (χ4n) is 2.01. The van der Waals surface area contributed by atoms with Gasteiger partial charge in [0.15, 0.2) is 0 Å². The minimum Gasteiger partial charge on any atom is -0.491 e. The van der Waals surface area contributed by atoms with E-state index in [1.54, 1.807) is 31.2 Å². The van der Waals surface area contributed by atoms with Crippen molar-refractivity contribution in [1.29, 1.82) is 0 Å². The second-order valence-corrected chi connectivity index (χ2v) is 4.97. The molecular formula is C17H19FN2O3. The van der Waals surface area contributed by atoms with Crippen molar-refractivity contribution in [3.8, 4) is 5.75 Å². The van der Waals surface area contributed by atoms with Crippen LogP contribution in [-0.4, -0.2) is 24.4 Å². The number of ether oxygens (including phenoxy) is 1. The summed E-state index contributed by atoms with van der Waals surface area (Å²) in [6.45, 7) is 2.09. The highest BCUT2D eigenvalue weighted by Crippen LogP contribution is 2.18. The van der Waals surface area contributed by atoms with Gasteiger partial charge in [0, 0.05) is 12.1 Å². The number of carbonyl (C=O) groups excluding carboxylic acids is 1. The number of aliphatic hydroxyl groups excluding tert-OH is 1. The lowest BCUT2D eigenvalue weighted by Crippen LogP contribution is -2.28. The van der Waals surface area contributed by atoms with Crippen LogP contribution in [0.2, 0.25) is 0 Å². The van der Waals surface area contributed by atoms with Crippen molar-refractivity contribution in [2.24, 2.45) is 0 Å². The molecule has 0 aliphatic rings. The molecule has 122 valence electrons. The van der Waals surface area contributed by atoms with Crippen LogP contribution in [0.5, 0.6) is 5.75 Å². The minimum absolute atomic E-state index is 0.0883. The first kappa shape index (κ1) is 16.8. The van der Waals surface area contributed by atoms with E-state index in [9.17, 15) is 9.18 Å².